The Balaban J connectivity index is 2.09. The summed E-state index contributed by atoms with van der Waals surface area (Å²) in [5.41, 5.74) is 0. The molecule has 6 heteroatoms. The van der Waals surface area contributed by atoms with Gasteiger partial charge >= 0.3 is 5.97 Å². The third-order valence-electron chi connectivity index (χ3n) is 3.88. The highest BCUT2D eigenvalue weighted by Gasteiger charge is 2.26. The maximum Gasteiger partial charge on any atom is 0.319 e. The molecule has 1 aromatic rings. The van der Waals surface area contributed by atoms with E-state index in [9.17, 15) is 4.79 Å². The fourth-order valence-electron chi connectivity index (χ4n) is 2.81. The molecule has 0 atom stereocenters. The van der Waals surface area contributed by atoms with E-state index in [4.69, 9.17) is 4.74 Å². The van der Waals surface area contributed by atoms with Gasteiger partial charge < -0.3 is 4.74 Å². The third-order valence-corrected chi connectivity index (χ3v) is 3.88. The minimum atomic E-state index is -0.187. The number of esters is 1. The first kappa shape index (κ1) is 15.0. The highest BCUT2D eigenvalue weighted by atomic mass is 16.5. The molecule has 0 spiro atoms. The van der Waals surface area contributed by atoms with Crippen LogP contribution in [0.15, 0.2) is 6.33 Å². The normalized spacial score (nSPS) is 16.2. The summed E-state index contributed by atoms with van der Waals surface area (Å²) in [6.07, 6.45) is 6.35. The maximum atomic E-state index is 11.6. The summed E-state index contributed by atoms with van der Waals surface area (Å²) in [4.78, 5) is 18.1. The van der Waals surface area contributed by atoms with Crippen molar-refractivity contribution in [3.63, 3.8) is 0 Å². The Bertz CT molecular complexity index is 438. The molecule has 6 nitrogen and oxygen atoms in total. The quantitative estimate of drug-likeness (QED) is 0.743. The van der Waals surface area contributed by atoms with Crippen LogP contribution in [0.4, 0.5) is 0 Å². The number of hydrogen-bond donors (Lipinski definition) is 0. The molecule has 2 rings (SSSR count). The first-order chi connectivity index (χ1) is 9.61. The van der Waals surface area contributed by atoms with Crippen LogP contribution >= 0.6 is 0 Å². The maximum absolute atomic E-state index is 11.6. The molecular weight excluding hydrogens is 256 g/mol. The van der Waals surface area contributed by atoms with Crippen LogP contribution in [0.3, 0.4) is 0 Å². The lowest BCUT2D eigenvalue weighted by Crippen LogP contribution is -2.38. The predicted molar refractivity (Wildman–Crippen MR) is 75.1 cm³/mol. The van der Waals surface area contributed by atoms with Crippen LogP contribution in [0.1, 0.15) is 51.4 Å². The zero-order chi connectivity index (χ0) is 14.5. The molecule has 1 aliphatic rings. The second-order valence-corrected chi connectivity index (χ2v) is 5.63. The molecule has 0 saturated heterocycles. The summed E-state index contributed by atoms with van der Waals surface area (Å²) in [7, 11) is 1.44. The van der Waals surface area contributed by atoms with Gasteiger partial charge in [-0.25, -0.2) is 9.67 Å². The van der Waals surface area contributed by atoms with E-state index in [0.717, 1.165) is 18.7 Å². The summed E-state index contributed by atoms with van der Waals surface area (Å²) in [5.74, 6) is 0.725. The van der Waals surface area contributed by atoms with Crippen molar-refractivity contribution in [1.29, 1.82) is 0 Å². The van der Waals surface area contributed by atoms with Crippen molar-refractivity contribution in [3.8, 4) is 0 Å². The van der Waals surface area contributed by atoms with Crippen LogP contribution < -0.4 is 0 Å². The highest BCUT2D eigenvalue weighted by molar-refractivity contribution is 5.71. The average molecular weight is 280 g/mol. The van der Waals surface area contributed by atoms with Crippen molar-refractivity contribution in [2.75, 3.05) is 13.7 Å². The van der Waals surface area contributed by atoms with E-state index >= 15 is 0 Å². The van der Waals surface area contributed by atoms with Gasteiger partial charge in [0, 0.05) is 12.1 Å². The summed E-state index contributed by atoms with van der Waals surface area (Å²) >= 11 is 0. The van der Waals surface area contributed by atoms with E-state index in [1.54, 1.807) is 6.33 Å². The molecule has 0 amide bonds. The average Bonchev–Trinajstić information content (AvgIpc) is 3.08. The number of carbonyl (C=O) groups is 1. The Kier molecular flexibility index (Phi) is 5.11. The second kappa shape index (κ2) is 6.83. The SMILES string of the molecule is COC(=O)CN(Cc1ncnn1C(C)C)C1CCCC1. The number of methoxy groups -OCH3 is 1. The lowest BCUT2D eigenvalue weighted by molar-refractivity contribution is -0.142. The fraction of sp³-hybridized carbons (Fsp3) is 0.786. The molecule has 20 heavy (non-hydrogen) atoms. The lowest BCUT2D eigenvalue weighted by atomic mass is 10.2. The molecule has 1 aromatic heterocycles. The first-order valence-corrected chi connectivity index (χ1v) is 7.31. The van der Waals surface area contributed by atoms with Crippen molar-refractivity contribution in [2.24, 2.45) is 0 Å². The molecule has 1 fully saturated rings. The Hall–Kier alpha value is -1.43. The van der Waals surface area contributed by atoms with Gasteiger partial charge in [0.2, 0.25) is 0 Å². The van der Waals surface area contributed by atoms with Crippen molar-refractivity contribution < 1.29 is 9.53 Å². The van der Waals surface area contributed by atoms with Gasteiger partial charge in [-0.3, -0.25) is 9.69 Å². The van der Waals surface area contributed by atoms with E-state index in [2.05, 4.69) is 28.8 Å². The van der Waals surface area contributed by atoms with Crippen molar-refractivity contribution >= 4 is 5.97 Å². The van der Waals surface area contributed by atoms with Gasteiger partial charge in [0.25, 0.3) is 0 Å². The summed E-state index contributed by atoms with van der Waals surface area (Å²) in [6, 6.07) is 0.725. The van der Waals surface area contributed by atoms with E-state index < -0.39 is 0 Å². The largest absolute Gasteiger partial charge is 0.468 e. The molecule has 1 saturated carbocycles. The minimum absolute atomic E-state index is 0.187. The number of aromatic nitrogens is 3. The molecule has 0 bridgehead atoms. The smallest absolute Gasteiger partial charge is 0.319 e. The second-order valence-electron chi connectivity index (χ2n) is 5.63. The minimum Gasteiger partial charge on any atom is -0.468 e. The van der Waals surface area contributed by atoms with Crippen LogP contribution in [-0.2, 0) is 16.1 Å². The van der Waals surface area contributed by atoms with Crippen LogP contribution in [0.2, 0.25) is 0 Å². The van der Waals surface area contributed by atoms with E-state index in [1.165, 1.54) is 20.0 Å². The molecule has 1 aliphatic carbocycles. The van der Waals surface area contributed by atoms with Gasteiger partial charge in [0.15, 0.2) is 0 Å². The number of rotatable bonds is 6. The molecule has 0 N–H and O–H groups in total. The van der Waals surface area contributed by atoms with Gasteiger partial charge in [-0.05, 0) is 26.7 Å². The third kappa shape index (κ3) is 3.56. The van der Waals surface area contributed by atoms with Crippen LogP contribution in [0, 0.1) is 0 Å². The van der Waals surface area contributed by atoms with Crippen LogP contribution in [0.25, 0.3) is 0 Å². The van der Waals surface area contributed by atoms with E-state index in [0.29, 0.717) is 19.1 Å². The van der Waals surface area contributed by atoms with Gasteiger partial charge in [-0.2, -0.15) is 5.10 Å². The topological polar surface area (TPSA) is 60.2 Å². The highest BCUT2D eigenvalue weighted by Crippen LogP contribution is 2.24. The van der Waals surface area contributed by atoms with Crippen molar-refractivity contribution in [1.82, 2.24) is 19.7 Å². The summed E-state index contributed by atoms with van der Waals surface area (Å²) in [5, 5.41) is 4.26. The first-order valence-electron chi connectivity index (χ1n) is 7.31. The fourth-order valence-corrected chi connectivity index (χ4v) is 2.81. The molecule has 0 radical (unpaired) electrons. The van der Waals surface area contributed by atoms with Gasteiger partial charge in [-0.15, -0.1) is 0 Å². The zero-order valence-electron chi connectivity index (χ0n) is 12.6. The monoisotopic (exact) mass is 280 g/mol. The van der Waals surface area contributed by atoms with Gasteiger partial charge in [0.05, 0.1) is 20.2 Å². The van der Waals surface area contributed by atoms with Gasteiger partial charge in [0.1, 0.15) is 12.2 Å². The molecule has 0 aromatic carbocycles. The zero-order valence-corrected chi connectivity index (χ0v) is 12.6. The number of hydrogen-bond acceptors (Lipinski definition) is 5. The standard InChI is InChI=1S/C14H24N4O2/c1-11(2)18-13(15-10-16-18)8-17(9-14(19)20-3)12-6-4-5-7-12/h10-12H,4-9H2,1-3H3. The predicted octanol–water partition coefficient (Wildman–Crippen LogP) is 1.78. The van der Waals surface area contributed by atoms with E-state index in [1.807, 2.05) is 4.68 Å². The molecule has 0 unspecified atom stereocenters. The van der Waals surface area contributed by atoms with Crippen LogP contribution in [-0.4, -0.2) is 45.3 Å². The lowest BCUT2D eigenvalue weighted by Gasteiger charge is -2.27. The van der Waals surface area contributed by atoms with Crippen molar-refractivity contribution in [3.05, 3.63) is 12.2 Å². The molecule has 0 aliphatic heterocycles. The van der Waals surface area contributed by atoms with E-state index in [-0.39, 0.29) is 12.0 Å². The number of ether oxygens (including phenoxy) is 1. The Labute approximate surface area is 120 Å². The van der Waals surface area contributed by atoms with Crippen molar-refractivity contribution in [2.45, 2.75) is 58.2 Å². The van der Waals surface area contributed by atoms with Crippen LogP contribution in [0.5, 0.6) is 0 Å². The molecule has 1 heterocycles. The molecule has 112 valence electrons. The Morgan fingerprint density at radius 1 is 1.50 bits per heavy atom. The molecular formula is C14H24N4O2. The number of carbonyl (C=O) groups excluding carboxylic acids is 1. The summed E-state index contributed by atoms with van der Waals surface area (Å²) in [6.45, 7) is 5.14. The van der Waals surface area contributed by atoms with Gasteiger partial charge in [-0.1, -0.05) is 12.8 Å². The Morgan fingerprint density at radius 3 is 2.80 bits per heavy atom. The summed E-state index contributed by atoms with van der Waals surface area (Å²) < 4.78 is 6.73. The number of nitrogens with zero attached hydrogens (tertiary/aromatic N) is 4. The Morgan fingerprint density at radius 2 is 2.20 bits per heavy atom.